The summed E-state index contributed by atoms with van der Waals surface area (Å²) in [5.74, 6) is 0.155. The molecule has 0 bridgehead atoms. The molecule has 0 spiro atoms. The van der Waals surface area contributed by atoms with Crippen LogP contribution in [0, 0.1) is 0 Å². The number of carbonyl (C=O) groups excluding carboxylic acids is 4. The van der Waals surface area contributed by atoms with Gasteiger partial charge in [-0.25, -0.2) is 24.8 Å². The van der Waals surface area contributed by atoms with Crippen molar-refractivity contribution in [3.8, 4) is 0 Å². The minimum atomic E-state index is -0.427. The Morgan fingerprint density at radius 1 is 0.755 bits per heavy atom. The van der Waals surface area contributed by atoms with Gasteiger partial charge in [0.05, 0.1) is 7.11 Å². The van der Waals surface area contributed by atoms with Gasteiger partial charge < -0.3 is 15.8 Å². The second-order valence-corrected chi connectivity index (χ2v) is 12.5. The van der Waals surface area contributed by atoms with Gasteiger partial charge in [0.2, 0.25) is 11.8 Å². The highest BCUT2D eigenvalue weighted by atomic mass is 35.5. The second-order valence-electron chi connectivity index (χ2n) is 11.6. The summed E-state index contributed by atoms with van der Waals surface area (Å²) in [4.78, 5) is 53.8. The van der Waals surface area contributed by atoms with E-state index in [4.69, 9.17) is 28.9 Å². The molecule has 2 aromatic carbocycles. The van der Waals surface area contributed by atoms with Crippen molar-refractivity contribution in [2.24, 2.45) is 15.9 Å². The summed E-state index contributed by atoms with van der Waals surface area (Å²) in [5.41, 5.74) is 10.2. The van der Waals surface area contributed by atoms with Crippen molar-refractivity contribution in [2.75, 3.05) is 26.5 Å². The first-order chi connectivity index (χ1) is 24.9. The average Bonchev–Trinajstić information content (AvgIpc) is 3.12. The molecule has 4 aromatic rings. The summed E-state index contributed by atoms with van der Waals surface area (Å²) in [7, 11) is 4.48. The van der Waals surface area contributed by atoms with Crippen molar-refractivity contribution < 1.29 is 23.9 Å². The molecule has 2 aromatic heterocycles. The van der Waals surface area contributed by atoms with Crippen molar-refractivity contribution in [1.29, 1.82) is 0 Å². The number of esters is 1. The van der Waals surface area contributed by atoms with Gasteiger partial charge in [-0.05, 0) is 71.5 Å². The molecule has 278 valence electrons. The quantitative estimate of drug-likeness (QED) is 0.212. The van der Waals surface area contributed by atoms with Crippen molar-refractivity contribution in [3.63, 3.8) is 0 Å². The number of aromatic nitrogens is 2. The minimum Gasteiger partial charge on any atom is -0.464 e. The lowest BCUT2D eigenvalue weighted by molar-refractivity contribution is -0.131. The SMILES string of the molecule is C.CN1N=C(C(=O)Nc2ccc(Cc3cccc(Cl)c3)cn2)CCC1=O.CN1N=C(N)CCC1=O.COC(=O)c1ccc(Cc2cccc(Cl)c2)cn1. The molecule has 13 nitrogen and oxygen atoms in total. The molecule has 4 heterocycles. The van der Waals surface area contributed by atoms with Crippen molar-refractivity contribution in [2.45, 2.75) is 46.0 Å². The van der Waals surface area contributed by atoms with Crippen LogP contribution in [0.2, 0.25) is 10.0 Å². The van der Waals surface area contributed by atoms with Gasteiger partial charge >= 0.3 is 5.97 Å². The number of benzene rings is 2. The van der Waals surface area contributed by atoms with Crippen LogP contribution in [-0.2, 0) is 32.0 Å². The minimum absolute atomic E-state index is 0. The monoisotopic (exact) mass is 760 g/mol. The number of amidine groups is 1. The van der Waals surface area contributed by atoms with Crippen LogP contribution in [0.5, 0.6) is 0 Å². The molecule has 0 fully saturated rings. The van der Waals surface area contributed by atoms with Gasteiger partial charge in [-0.1, -0.05) is 67.0 Å². The van der Waals surface area contributed by atoms with E-state index in [0.29, 0.717) is 58.8 Å². The number of hydrogen-bond donors (Lipinski definition) is 2. The Hall–Kier alpha value is -5.66. The number of ether oxygens (including phenoxy) is 1. The first-order valence-electron chi connectivity index (χ1n) is 16.1. The number of rotatable bonds is 7. The standard InChI is InChI=1S/C18H17ClN4O2.C14H12ClNO2.C5H9N3O.CH4/c1-23-17(24)8-6-15(22-23)18(25)21-16-7-5-13(11-20-16)9-12-3-2-4-14(19)10-12;1-18-14(17)13-6-5-11(9-16-13)7-10-3-2-4-12(15)8-10;1-8-5(9)3-2-4(6)7-8;/h2-5,7,10-11H,6,8-9H2,1H3,(H,20,21,25);2-6,8-9H,7H2,1H3;2-3H2,1H3,(H2,6,7);1H4. The van der Waals surface area contributed by atoms with Crippen LogP contribution in [0.3, 0.4) is 0 Å². The Balaban J connectivity index is 0.000000235. The molecule has 0 aliphatic carbocycles. The number of halogens is 2. The van der Waals surface area contributed by atoms with E-state index in [1.807, 2.05) is 60.7 Å². The fourth-order valence-electron chi connectivity index (χ4n) is 4.84. The topological polar surface area (TPSA) is 173 Å². The van der Waals surface area contributed by atoms with Crippen molar-refractivity contribution >= 4 is 64.3 Å². The Morgan fingerprint density at radius 2 is 1.30 bits per heavy atom. The molecule has 2 aliphatic rings. The molecule has 2 aliphatic heterocycles. The van der Waals surface area contributed by atoms with E-state index in [-0.39, 0.29) is 31.6 Å². The number of nitrogens with zero attached hydrogens (tertiary/aromatic N) is 6. The lowest BCUT2D eigenvalue weighted by Crippen LogP contribution is -2.34. The van der Waals surface area contributed by atoms with E-state index in [0.717, 1.165) is 28.7 Å². The highest BCUT2D eigenvalue weighted by molar-refractivity contribution is 6.43. The second kappa shape index (κ2) is 20.4. The molecule has 53 heavy (non-hydrogen) atoms. The van der Waals surface area contributed by atoms with E-state index >= 15 is 0 Å². The van der Waals surface area contributed by atoms with Crippen LogP contribution < -0.4 is 11.1 Å². The summed E-state index contributed by atoms with van der Waals surface area (Å²) in [5, 5.41) is 14.3. The molecular formula is C38H42Cl2N8O5. The zero-order valence-corrected chi connectivity index (χ0v) is 30.4. The van der Waals surface area contributed by atoms with Crippen molar-refractivity contribution in [1.82, 2.24) is 20.0 Å². The number of amides is 3. The molecule has 3 amide bonds. The average molecular weight is 762 g/mol. The Kier molecular flexibility index (Phi) is 16.1. The van der Waals surface area contributed by atoms with Gasteiger partial charge in [0.25, 0.3) is 5.91 Å². The van der Waals surface area contributed by atoms with Gasteiger partial charge in [-0.15, -0.1) is 0 Å². The summed E-state index contributed by atoms with van der Waals surface area (Å²) < 4.78 is 4.59. The van der Waals surface area contributed by atoms with Crippen LogP contribution in [0.4, 0.5) is 5.82 Å². The van der Waals surface area contributed by atoms with Crippen LogP contribution in [0.15, 0.2) is 95.4 Å². The number of nitrogens with two attached hydrogens (primary N) is 1. The molecule has 15 heteroatoms. The van der Waals surface area contributed by atoms with Crippen LogP contribution in [0.25, 0.3) is 0 Å². The maximum atomic E-state index is 12.2. The molecule has 0 unspecified atom stereocenters. The molecule has 6 rings (SSSR count). The fraction of sp³-hybridized carbons (Fsp3) is 0.263. The van der Waals surface area contributed by atoms with E-state index in [2.05, 4.69) is 30.2 Å². The van der Waals surface area contributed by atoms with Crippen molar-refractivity contribution in [3.05, 3.63) is 123 Å². The van der Waals surface area contributed by atoms with E-state index in [1.54, 1.807) is 31.6 Å². The lowest BCUT2D eigenvalue weighted by Gasteiger charge is -2.18. The molecule has 0 saturated carbocycles. The number of hydrogen-bond acceptors (Lipinski definition) is 10. The normalized spacial score (nSPS) is 13.5. The smallest absolute Gasteiger partial charge is 0.356 e. The summed E-state index contributed by atoms with van der Waals surface area (Å²) >= 11 is 11.9. The predicted molar refractivity (Wildman–Crippen MR) is 207 cm³/mol. The fourth-order valence-corrected chi connectivity index (χ4v) is 5.27. The number of anilines is 1. The maximum Gasteiger partial charge on any atom is 0.356 e. The van der Waals surface area contributed by atoms with Gasteiger partial charge in [0.1, 0.15) is 23.1 Å². The Bertz CT molecular complexity index is 1950. The Labute approximate surface area is 318 Å². The first kappa shape index (κ1) is 41.8. The van der Waals surface area contributed by atoms with Crippen LogP contribution in [0.1, 0.15) is 65.9 Å². The maximum absolute atomic E-state index is 12.2. The van der Waals surface area contributed by atoms with Crippen LogP contribution in [-0.4, -0.2) is 76.4 Å². The number of methoxy groups -OCH3 is 1. The van der Waals surface area contributed by atoms with Gasteiger partial charge in [-0.2, -0.15) is 10.2 Å². The molecule has 0 saturated heterocycles. The first-order valence-corrected chi connectivity index (χ1v) is 16.9. The number of pyridine rings is 2. The van der Waals surface area contributed by atoms with E-state index in [9.17, 15) is 19.2 Å². The lowest BCUT2D eigenvalue weighted by atomic mass is 10.1. The van der Waals surface area contributed by atoms with E-state index < -0.39 is 5.97 Å². The molecule has 0 radical (unpaired) electrons. The summed E-state index contributed by atoms with van der Waals surface area (Å²) in [6.07, 6.45) is 6.55. The largest absolute Gasteiger partial charge is 0.464 e. The highest BCUT2D eigenvalue weighted by Crippen LogP contribution is 2.17. The molecule has 3 N–H and O–H groups in total. The summed E-state index contributed by atoms with van der Waals surface area (Å²) in [6.45, 7) is 0. The van der Waals surface area contributed by atoms with Gasteiger partial charge in [0.15, 0.2) is 0 Å². The van der Waals surface area contributed by atoms with Gasteiger partial charge in [-0.3, -0.25) is 14.4 Å². The third kappa shape index (κ3) is 13.4. The van der Waals surface area contributed by atoms with Crippen LogP contribution >= 0.6 is 23.2 Å². The highest BCUT2D eigenvalue weighted by Gasteiger charge is 2.22. The predicted octanol–water partition coefficient (Wildman–Crippen LogP) is 6.13. The third-order valence-electron chi connectivity index (χ3n) is 7.58. The number of nitrogens with one attached hydrogen (secondary N) is 1. The molecular weight excluding hydrogens is 719 g/mol. The van der Waals surface area contributed by atoms with E-state index in [1.165, 1.54) is 24.2 Å². The number of hydrazone groups is 2. The molecule has 0 atom stereocenters. The zero-order chi connectivity index (χ0) is 37.6. The summed E-state index contributed by atoms with van der Waals surface area (Å²) in [6, 6.07) is 22.5. The third-order valence-corrected chi connectivity index (χ3v) is 8.05. The Morgan fingerprint density at radius 3 is 1.75 bits per heavy atom. The number of carbonyl (C=O) groups is 4. The zero-order valence-electron chi connectivity index (χ0n) is 28.9. The van der Waals surface area contributed by atoms with Gasteiger partial charge in [0, 0.05) is 62.2 Å².